The first-order valence-corrected chi connectivity index (χ1v) is 20.8. The Labute approximate surface area is 324 Å². The zero-order chi connectivity index (χ0) is 39.3. The van der Waals surface area contributed by atoms with E-state index in [9.17, 15) is 18.3 Å². The van der Waals surface area contributed by atoms with Gasteiger partial charge in [0.1, 0.15) is 22.4 Å². The number of rotatable bonds is 10. The highest BCUT2D eigenvalue weighted by Crippen LogP contribution is 2.45. The first kappa shape index (κ1) is 39.1. The van der Waals surface area contributed by atoms with Gasteiger partial charge in [-0.3, -0.25) is 14.1 Å². The van der Waals surface area contributed by atoms with E-state index in [1.807, 2.05) is 69.5 Å². The molecule has 6 heterocycles. The van der Waals surface area contributed by atoms with Crippen molar-refractivity contribution < 1.29 is 32.5 Å². The quantitative estimate of drug-likeness (QED) is 0.203. The fourth-order valence-corrected chi connectivity index (χ4v) is 10.1. The van der Waals surface area contributed by atoms with E-state index < -0.39 is 32.9 Å². The Hall–Kier alpha value is -4.11. The zero-order valence-corrected chi connectivity index (χ0v) is 33.9. The fourth-order valence-electron chi connectivity index (χ4n) is 8.46. The number of likely N-dealkylation sites (tertiary alicyclic amines) is 1. The lowest BCUT2D eigenvalue weighted by atomic mass is 9.70. The number of aryl methyl sites for hydroxylation is 4. The first-order chi connectivity index (χ1) is 26.1. The van der Waals surface area contributed by atoms with E-state index in [-0.39, 0.29) is 30.0 Å². The molecule has 0 radical (unpaired) electrons. The van der Waals surface area contributed by atoms with Gasteiger partial charge < -0.3 is 19.3 Å². The molecule has 2 saturated heterocycles. The van der Waals surface area contributed by atoms with Gasteiger partial charge in [-0.1, -0.05) is 24.6 Å². The Morgan fingerprint density at radius 3 is 2.45 bits per heavy atom. The third kappa shape index (κ3) is 7.58. The molecule has 7 rings (SSSR count). The molecule has 14 heteroatoms. The highest BCUT2D eigenvalue weighted by Gasteiger charge is 2.46. The Bertz CT molecular complexity index is 2190. The van der Waals surface area contributed by atoms with Crippen molar-refractivity contribution in [2.45, 2.75) is 110 Å². The third-order valence-electron chi connectivity index (χ3n) is 11.9. The molecule has 1 aromatic carbocycles. The van der Waals surface area contributed by atoms with Crippen molar-refractivity contribution in [3.63, 3.8) is 0 Å². The second kappa shape index (κ2) is 15.1. The summed E-state index contributed by atoms with van der Waals surface area (Å²) >= 11 is 0. The molecule has 296 valence electrons. The van der Waals surface area contributed by atoms with Crippen LogP contribution in [0.3, 0.4) is 0 Å². The number of ether oxygens (including phenoxy) is 3. The zero-order valence-electron chi connectivity index (χ0n) is 33.1. The number of hydrogen-bond acceptors (Lipinski definition) is 10. The number of carboxylic acid groups (broad SMARTS) is 1. The third-order valence-corrected chi connectivity index (χ3v) is 13.6. The van der Waals surface area contributed by atoms with Crippen LogP contribution in [-0.2, 0) is 26.1 Å². The van der Waals surface area contributed by atoms with Crippen molar-refractivity contribution >= 4 is 21.6 Å². The predicted molar refractivity (Wildman–Crippen MR) is 207 cm³/mol. The molecule has 3 aliphatic rings. The molecular formula is C41H54N6O7S. The van der Waals surface area contributed by atoms with Gasteiger partial charge in [-0.2, -0.15) is 9.29 Å². The van der Waals surface area contributed by atoms with Crippen molar-refractivity contribution in [2.24, 2.45) is 5.41 Å². The van der Waals surface area contributed by atoms with E-state index in [4.69, 9.17) is 19.2 Å². The van der Waals surface area contributed by atoms with Gasteiger partial charge in [0.25, 0.3) is 0 Å². The summed E-state index contributed by atoms with van der Waals surface area (Å²) in [6.07, 6.45) is 6.34. The molecule has 3 aromatic heterocycles. The van der Waals surface area contributed by atoms with E-state index in [1.165, 1.54) is 23.6 Å². The van der Waals surface area contributed by atoms with Gasteiger partial charge in [0.2, 0.25) is 21.8 Å². The average Bonchev–Trinajstić information content (AvgIpc) is 3.49. The Morgan fingerprint density at radius 2 is 1.75 bits per heavy atom. The summed E-state index contributed by atoms with van der Waals surface area (Å²) in [4.78, 5) is 20.1. The van der Waals surface area contributed by atoms with E-state index in [2.05, 4.69) is 15.1 Å². The van der Waals surface area contributed by atoms with Crippen molar-refractivity contribution in [1.82, 2.24) is 28.8 Å². The molecular weight excluding hydrogens is 721 g/mol. The molecule has 55 heavy (non-hydrogen) atoms. The Balaban J connectivity index is 1.26. The van der Waals surface area contributed by atoms with Crippen molar-refractivity contribution in [2.75, 3.05) is 39.4 Å². The lowest BCUT2D eigenvalue weighted by Crippen LogP contribution is -2.50. The van der Waals surface area contributed by atoms with Crippen LogP contribution in [0.4, 0.5) is 0 Å². The lowest BCUT2D eigenvalue weighted by molar-refractivity contribution is -0.147. The average molecular weight is 775 g/mol. The van der Waals surface area contributed by atoms with Crippen LogP contribution in [0.2, 0.25) is 0 Å². The van der Waals surface area contributed by atoms with Crippen LogP contribution in [0.25, 0.3) is 5.65 Å². The second-order valence-electron chi connectivity index (χ2n) is 16.4. The van der Waals surface area contributed by atoms with E-state index in [0.717, 1.165) is 53.3 Å². The number of pyridine rings is 2. The molecule has 2 atom stereocenters. The molecule has 4 aromatic rings. The van der Waals surface area contributed by atoms with Crippen LogP contribution in [0, 0.1) is 33.1 Å². The van der Waals surface area contributed by atoms with Gasteiger partial charge in [0.05, 0.1) is 25.2 Å². The molecule has 0 amide bonds. The van der Waals surface area contributed by atoms with Crippen molar-refractivity contribution in [1.29, 1.82) is 0 Å². The first-order valence-electron chi connectivity index (χ1n) is 19.4. The molecule has 3 aliphatic heterocycles. The number of piperidine rings is 1. The van der Waals surface area contributed by atoms with Crippen LogP contribution in [0.15, 0.2) is 41.4 Å². The lowest BCUT2D eigenvalue weighted by Gasteiger charge is -2.38. The molecule has 0 bridgehead atoms. The maximum atomic E-state index is 14.8. The summed E-state index contributed by atoms with van der Waals surface area (Å²) < 4.78 is 51.8. The van der Waals surface area contributed by atoms with Crippen LogP contribution in [0.1, 0.15) is 98.0 Å². The van der Waals surface area contributed by atoms with Crippen LogP contribution >= 0.6 is 0 Å². The van der Waals surface area contributed by atoms with Crippen LogP contribution in [0.5, 0.6) is 11.8 Å². The highest BCUT2D eigenvalue weighted by molar-refractivity contribution is 7.89. The van der Waals surface area contributed by atoms with Gasteiger partial charge in [-0.25, -0.2) is 8.42 Å². The number of aromatic nitrogens is 4. The Morgan fingerprint density at radius 1 is 1.02 bits per heavy atom. The molecule has 1 spiro atoms. The number of hydrogen-bond donors (Lipinski definition) is 1. The minimum Gasteiger partial charge on any atom is -0.481 e. The molecule has 2 fully saturated rings. The van der Waals surface area contributed by atoms with E-state index in [0.29, 0.717) is 43.1 Å². The second-order valence-corrected chi connectivity index (χ2v) is 18.3. The summed E-state index contributed by atoms with van der Waals surface area (Å²) in [6, 6.07) is 9.43. The van der Waals surface area contributed by atoms with E-state index in [1.54, 1.807) is 19.9 Å². The number of benzene rings is 1. The van der Waals surface area contributed by atoms with Crippen molar-refractivity contribution in [3.05, 3.63) is 75.7 Å². The number of sulfonamides is 1. The summed E-state index contributed by atoms with van der Waals surface area (Å²) in [5.41, 5.74) is 3.26. The fraction of sp³-hybridized carbons (Fsp3) is 0.561. The molecule has 0 saturated carbocycles. The number of nitrogens with zero attached hydrogens (tertiary/aromatic N) is 6. The topological polar surface area (TPSA) is 149 Å². The number of carboxylic acids is 1. The highest BCUT2D eigenvalue weighted by atomic mass is 32.2. The minimum atomic E-state index is -4.13. The molecule has 0 aliphatic carbocycles. The number of aliphatic carboxylic acids is 1. The predicted octanol–water partition coefficient (Wildman–Crippen LogP) is 5.99. The minimum absolute atomic E-state index is 0.00984. The maximum Gasteiger partial charge on any atom is 0.310 e. The molecule has 13 nitrogen and oxygen atoms in total. The maximum absolute atomic E-state index is 14.8. The monoisotopic (exact) mass is 774 g/mol. The normalized spacial score (nSPS) is 20.1. The van der Waals surface area contributed by atoms with Gasteiger partial charge in [0.15, 0.2) is 5.65 Å². The summed E-state index contributed by atoms with van der Waals surface area (Å²) in [7, 11) is -4.13. The van der Waals surface area contributed by atoms with Gasteiger partial charge in [0, 0.05) is 43.6 Å². The molecule has 1 unspecified atom stereocenters. The smallest absolute Gasteiger partial charge is 0.310 e. The van der Waals surface area contributed by atoms with Gasteiger partial charge in [-0.05, 0) is 114 Å². The standard InChI is InChI=1S/C41H54N6O7S/c1-26-11-12-31(35(40(6,7)39(48)49)33-13-18-47-30(5)43-44-36(47)29(33)4)22-32(26)24-46-25-41(14-19-52-20-15-41)54-38-34(55(46,50)51)21-27(2)37(42-38)53-28(3)23-45-16-9-8-10-17-45/h11-13,18,21-22,28,35H,8-10,14-17,19-20,23-25H2,1-7H3,(H,48,49)/t28?,35-/m0/s1. The summed E-state index contributed by atoms with van der Waals surface area (Å²) in [6.45, 7) is 16.9. The number of fused-ring (bicyclic) bond motifs is 2. The molecule has 1 N–H and O–H groups in total. The van der Waals surface area contributed by atoms with Gasteiger partial charge in [-0.15, -0.1) is 10.2 Å². The summed E-state index contributed by atoms with van der Waals surface area (Å²) in [5.74, 6) is -0.369. The van der Waals surface area contributed by atoms with Crippen LogP contribution in [-0.4, -0.2) is 99.4 Å². The van der Waals surface area contributed by atoms with Gasteiger partial charge >= 0.3 is 5.97 Å². The van der Waals surface area contributed by atoms with Crippen molar-refractivity contribution in [3.8, 4) is 11.8 Å². The summed E-state index contributed by atoms with van der Waals surface area (Å²) in [5, 5.41) is 19.2. The SMILES string of the molecule is Cc1ccc([C@@H](c2ccn3c(C)nnc3c2C)C(C)(C)C(=O)O)cc1CN1CC2(CCOCC2)Oc2nc(OC(C)CN3CCCCC3)c(C)cc2S1(=O)=O. The largest absolute Gasteiger partial charge is 0.481 e. The van der Waals surface area contributed by atoms with E-state index >= 15 is 0 Å². The Kier molecular flexibility index (Phi) is 10.7. The number of carbonyl (C=O) groups is 1. The van der Waals surface area contributed by atoms with Crippen LogP contribution < -0.4 is 9.47 Å².